The highest BCUT2D eigenvalue weighted by molar-refractivity contribution is 7.91. The molecule has 0 saturated carbocycles. The first kappa shape index (κ1) is 24.4. The van der Waals surface area contributed by atoms with Crippen LogP contribution in [0.4, 0.5) is 5.13 Å². The van der Waals surface area contributed by atoms with Crippen LogP contribution in [0.2, 0.25) is 9.36 Å². The fourth-order valence-corrected chi connectivity index (χ4v) is 8.99. The predicted octanol–water partition coefficient (Wildman–Crippen LogP) is 5.42. The minimum Gasteiger partial charge on any atom is -0.376 e. The van der Waals surface area contributed by atoms with Crippen molar-refractivity contribution < 1.29 is 17.9 Å². The number of amides is 1. The fraction of sp³-hybridized carbons (Fsp3) is 0.455. The van der Waals surface area contributed by atoms with Gasteiger partial charge in [0.2, 0.25) is 5.91 Å². The van der Waals surface area contributed by atoms with Gasteiger partial charge in [-0.2, -0.15) is 4.31 Å². The molecule has 12 heteroatoms. The van der Waals surface area contributed by atoms with Crippen molar-refractivity contribution in [1.29, 1.82) is 0 Å². The Hall–Kier alpha value is -1.27. The normalized spacial score (nSPS) is 21.8. The SMILES string of the molecule is O=C(C1CCCCN1S(=O)(=O)c1ccc(Cl)s1)N(CC1CCCO1)c1nc2c(Cl)cccc2s1. The zero-order chi connectivity index (χ0) is 23.9. The number of thiophene rings is 1. The van der Waals surface area contributed by atoms with E-state index in [4.69, 9.17) is 27.9 Å². The Morgan fingerprint density at radius 1 is 1.15 bits per heavy atom. The number of sulfonamides is 1. The van der Waals surface area contributed by atoms with Gasteiger partial charge in [-0.15, -0.1) is 11.3 Å². The lowest BCUT2D eigenvalue weighted by atomic mass is 10.0. The predicted molar refractivity (Wildman–Crippen MR) is 137 cm³/mol. The van der Waals surface area contributed by atoms with Crippen LogP contribution in [0, 0.1) is 0 Å². The number of nitrogens with zero attached hydrogens (tertiary/aromatic N) is 3. The van der Waals surface area contributed by atoms with Gasteiger partial charge >= 0.3 is 0 Å². The number of halogens is 2. The molecular formula is C22H23Cl2N3O4S3. The molecule has 34 heavy (non-hydrogen) atoms. The van der Waals surface area contributed by atoms with Crippen molar-refractivity contribution in [2.24, 2.45) is 0 Å². The van der Waals surface area contributed by atoms with E-state index in [-0.39, 0.29) is 22.8 Å². The lowest BCUT2D eigenvalue weighted by molar-refractivity contribution is -0.123. The van der Waals surface area contributed by atoms with Crippen LogP contribution in [-0.4, -0.2) is 55.5 Å². The molecule has 2 aliphatic rings. The molecule has 5 rings (SSSR count). The molecule has 0 radical (unpaired) electrons. The van der Waals surface area contributed by atoms with Gasteiger partial charge in [0.15, 0.2) is 5.13 Å². The van der Waals surface area contributed by atoms with Gasteiger partial charge in [0.1, 0.15) is 15.8 Å². The molecule has 1 amide bonds. The maximum absolute atomic E-state index is 14.0. The van der Waals surface area contributed by atoms with Gasteiger partial charge in [0, 0.05) is 13.2 Å². The molecule has 4 heterocycles. The maximum atomic E-state index is 14.0. The van der Waals surface area contributed by atoms with E-state index in [0.717, 1.165) is 35.3 Å². The third-order valence-corrected chi connectivity index (χ3v) is 11.1. The van der Waals surface area contributed by atoms with Crippen LogP contribution in [0.1, 0.15) is 32.1 Å². The number of para-hydroxylation sites is 1. The average molecular weight is 561 g/mol. The Bertz CT molecular complexity index is 1300. The van der Waals surface area contributed by atoms with Gasteiger partial charge in [0.25, 0.3) is 10.0 Å². The number of aromatic nitrogens is 1. The highest BCUT2D eigenvalue weighted by atomic mass is 35.5. The minimum absolute atomic E-state index is 0.115. The lowest BCUT2D eigenvalue weighted by Crippen LogP contribution is -2.54. The van der Waals surface area contributed by atoms with Gasteiger partial charge in [-0.05, 0) is 49.9 Å². The zero-order valence-electron chi connectivity index (χ0n) is 18.2. The minimum atomic E-state index is -3.86. The molecule has 0 N–H and O–H groups in total. The van der Waals surface area contributed by atoms with Crippen LogP contribution in [0.3, 0.4) is 0 Å². The quantitative estimate of drug-likeness (QED) is 0.402. The Morgan fingerprint density at radius 2 is 2.00 bits per heavy atom. The van der Waals surface area contributed by atoms with Gasteiger partial charge in [-0.1, -0.05) is 47.0 Å². The van der Waals surface area contributed by atoms with Crippen LogP contribution in [0.25, 0.3) is 10.2 Å². The maximum Gasteiger partial charge on any atom is 0.253 e. The third-order valence-electron chi connectivity index (χ3n) is 6.12. The number of carbonyl (C=O) groups is 1. The number of hydrogen-bond donors (Lipinski definition) is 0. The Morgan fingerprint density at radius 3 is 2.71 bits per heavy atom. The van der Waals surface area contributed by atoms with Crippen LogP contribution >= 0.6 is 45.9 Å². The standard InChI is InChI=1S/C22H23Cl2N3O4S3/c23-15-6-3-8-17-20(15)25-22(32-17)26(13-14-5-4-12-31-14)21(28)16-7-1-2-11-27(16)34(29,30)19-10-9-18(24)33-19/h3,6,8-10,14,16H,1-2,4-5,7,11-13H2. The van der Waals surface area contributed by atoms with Crippen LogP contribution in [-0.2, 0) is 19.6 Å². The second-order valence-corrected chi connectivity index (χ2v) is 13.6. The van der Waals surface area contributed by atoms with Gasteiger partial charge in [0.05, 0.1) is 26.7 Å². The average Bonchev–Trinajstić information content (AvgIpc) is 3.58. The number of carbonyl (C=O) groups excluding carboxylic acids is 1. The monoisotopic (exact) mass is 559 g/mol. The Balaban J connectivity index is 1.51. The number of anilines is 1. The van der Waals surface area contributed by atoms with Crippen molar-refractivity contribution in [3.8, 4) is 0 Å². The first-order chi connectivity index (χ1) is 16.3. The van der Waals surface area contributed by atoms with Crippen molar-refractivity contribution in [3.63, 3.8) is 0 Å². The second-order valence-electron chi connectivity index (χ2n) is 8.35. The van der Waals surface area contributed by atoms with Gasteiger partial charge in [-0.25, -0.2) is 13.4 Å². The smallest absolute Gasteiger partial charge is 0.253 e. The molecule has 2 unspecified atom stereocenters. The number of ether oxygens (including phenoxy) is 1. The molecule has 2 atom stereocenters. The summed E-state index contributed by atoms with van der Waals surface area (Å²) in [6.45, 7) is 1.26. The molecule has 0 spiro atoms. The molecular weight excluding hydrogens is 537 g/mol. The van der Waals surface area contributed by atoms with Crippen LogP contribution < -0.4 is 4.90 Å². The van der Waals surface area contributed by atoms with Crippen molar-refractivity contribution in [1.82, 2.24) is 9.29 Å². The van der Waals surface area contributed by atoms with E-state index in [2.05, 4.69) is 4.98 Å². The first-order valence-electron chi connectivity index (χ1n) is 11.1. The van der Waals surface area contributed by atoms with Crippen molar-refractivity contribution >= 4 is 77.2 Å². The first-order valence-corrected chi connectivity index (χ1v) is 14.9. The van der Waals surface area contributed by atoms with E-state index in [0.29, 0.717) is 46.0 Å². The molecule has 2 aromatic heterocycles. The van der Waals surface area contributed by atoms with Crippen LogP contribution in [0.15, 0.2) is 34.5 Å². The summed E-state index contributed by atoms with van der Waals surface area (Å²) in [5, 5.41) is 1.02. The molecule has 0 bridgehead atoms. The summed E-state index contributed by atoms with van der Waals surface area (Å²) < 4.78 is 35.5. The molecule has 7 nitrogen and oxygen atoms in total. The van der Waals surface area contributed by atoms with E-state index in [1.54, 1.807) is 17.0 Å². The van der Waals surface area contributed by atoms with Crippen LogP contribution in [0.5, 0.6) is 0 Å². The van der Waals surface area contributed by atoms with E-state index in [1.807, 2.05) is 12.1 Å². The topological polar surface area (TPSA) is 79.8 Å². The number of thiazole rings is 1. The molecule has 2 saturated heterocycles. The highest BCUT2D eigenvalue weighted by Crippen LogP contribution is 2.36. The van der Waals surface area contributed by atoms with Gasteiger partial charge < -0.3 is 4.74 Å². The zero-order valence-corrected chi connectivity index (χ0v) is 22.1. The van der Waals surface area contributed by atoms with E-state index in [1.165, 1.54) is 21.7 Å². The third kappa shape index (κ3) is 4.74. The summed E-state index contributed by atoms with van der Waals surface area (Å²) >= 11 is 14.7. The Kier molecular flexibility index (Phi) is 7.19. The van der Waals surface area contributed by atoms with Gasteiger partial charge in [-0.3, -0.25) is 9.69 Å². The number of hydrogen-bond acceptors (Lipinski definition) is 7. The Labute approximate surface area is 216 Å². The van der Waals surface area contributed by atoms with E-state index in [9.17, 15) is 13.2 Å². The number of rotatable bonds is 6. The largest absolute Gasteiger partial charge is 0.376 e. The van der Waals surface area contributed by atoms with E-state index < -0.39 is 16.1 Å². The molecule has 1 aromatic carbocycles. The molecule has 0 aliphatic carbocycles. The molecule has 2 fully saturated rings. The molecule has 3 aromatic rings. The summed E-state index contributed by atoms with van der Waals surface area (Å²) in [6, 6.07) is 7.77. The summed E-state index contributed by atoms with van der Waals surface area (Å²) in [5.41, 5.74) is 0.635. The van der Waals surface area contributed by atoms with Crippen molar-refractivity contribution in [2.45, 2.75) is 48.5 Å². The van der Waals surface area contributed by atoms with Crippen molar-refractivity contribution in [2.75, 3.05) is 24.6 Å². The number of piperidine rings is 1. The molecule has 182 valence electrons. The summed E-state index contributed by atoms with van der Waals surface area (Å²) in [4.78, 5) is 20.3. The summed E-state index contributed by atoms with van der Waals surface area (Å²) in [7, 11) is -3.86. The fourth-order valence-electron chi connectivity index (χ4n) is 4.44. The summed E-state index contributed by atoms with van der Waals surface area (Å²) in [6.07, 6.45) is 3.58. The highest BCUT2D eigenvalue weighted by Gasteiger charge is 2.41. The number of benzene rings is 1. The number of fused-ring (bicyclic) bond motifs is 1. The summed E-state index contributed by atoms with van der Waals surface area (Å²) in [5.74, 6) is -0.281. The van der Waals surface area contributed by atoms with Crippen molar-refractivity contribution in [3.05, 3.63) is 39.7 Å². The van der Waals surface area contributed by atoms with E-state index >= 15 is 0 Å². The molecule has 2 aliphatic heterocycles. The second kappa shape index (κ2) is 10.0. The lowest BCUT2D eigenvalue weighted by Gasteiger charge is -2.36.